The van der Waals surface area contributed by atoms with Crippen LogP contribution < -0.4 is 0 Å². The van der Waals surface area contributed by atoms with E-state index in [-0.39, 0.29) is 17.8 Å². The summed E-state index contributed by atoms with van der Waals surface area (Å²) in [7, 11) is 0. The van der Waals surface area contributed by atoms with E-state index in [9.17, 15) is 0 Å². The Kier molecular flexibility index (Phi) is 2.31. The smallest absolute Gasteiger partial charge is 0.293 e. The SMILES string of the molecule is Cl.Clc1nc2ccncc2o1. The summed E-state index contributed by atoms with van der Waals surface area (Å²) in [4.78, 5) is 7.71. The number of pyridine rings is 1. The van der Waals surface area contributed by atoms with Gasteiger partial charge >= 0.3 is 0 Å². The van der Waals surface area contributed by atoms with Crippen LogP contribution in [0, 0.1) is 0 Å². The van der Waals surface area contributed by atoms with Gasteiger partial charge in [-0.05, 0) is 17.7 Å². The molecule has 0 aliphatic rings. The van der Waals surface area contributed by atoms with Crippen molar-refractivity contribution in [1.29, 1.82) is 0 Å². The Hall–Kier alpha value is -0.800. The highest BCUT2D eigenvalue weighted by Crippen LogP contribution is 2.16. The van der Waals surface area contributed by atoms with Crippen molar-refractivity contribution >= 4 is 35.1 Å². The van der Waals surface area contributed by atoms with Gasteiger partial charge in [-0.15, -0.1) is 12.4 Å². The molecule has 0 saturated carbocycles. The second-order valence-electron chi connectivity index (χ2n) is 1.81. The van der Waals surface area contributed by atoms with E-state index < -0.39 is 0 Å². The van der Waals surface area contributed by atoms with Crippen LogP contribution in [0.5, 0.6) is 0 Å². The molecule has 2 heterocycles. The number of halogens is 2. The van der Waals surface area contributed by atoms with Crippen LogP contribution in [0.4, 0.5) is 0 Å². The zero-order valence-electron chi connectivity index (χ0n) is 5.32. The molecule has 2 aromatic rings. The van der Waals surface area contributed by atoms with Gasteiger partial charge in [0.25, 0.3) is 5.35 Å². The van der Waals surface area contributed by atoms with E-state index in [1.54, 1.807) is 18.5 Å². The number of aromatic nitrogens is 2. The molecule has 0 unspecified atom stereocenters. The van der Waals surface area contributed by atoms with Gasteiger partial charge in [0.2, 0.25) is 0 Å². The second kappa shape index (κ2) is 3.07. The first-order valence-corrected chi connectivity index (χ1v) is 3.10. The highest BCUT2D eigenvalue weighted by Gasteiger charge is 1.99. The van der Waals surface area contributed by atoms with E-state index in [0.29, 0.717) is 5.58 Å². The third kappa shape index (κ3) is 1.44. The topological polar surface area (TPSA) is 38.9 Å². The number of fused-ring (bicyclic) bond motifs is 1. The van der Waals surface area contributed by atoms with Crippen LogP contribution in [0.15, 0.2) is 22.9 Å². The van der Waals surface area contributed by atoms with E-state index in [0.717, 1.165) is 5.52 Å². The van der Waals surface area contributed by atoms with Crippen molar-refractivity contribution in [3.05, 3.63) is 23.8 Å². The fourth-order valence-corrected chi connectivity index (χ4v) is 0.926. The van der Waals surface area contributed by atoms with Crippen LogP contribution in [0.2, 0.25) is 5.35 Å². The minimum atomic E-state index is 0. The van der Waals surface area contributed by atoms with Crippen molar-refractivity contribution in [2.75, 3.05) is 0 Å². The summed E-state index contributed by atoms with van der Waals surface area (Å²) >= 11 is 5.48. The molecule has 2 aromatic heterocycles. The molecule has 0 aliphatic carbocycles. The zero-order chi connectivity index (χ0) is 6.97. The van der Waals surface area contributed by atoms with Crippen LogP contribution in [-0.4, -0.2) is 9.97 Å². The quantitative estimate of drug-likeness (QED) is 0.641. The van der Waals surface area contributed by atoms with Crippen LogP contribution in [0.1, 0.15) is 0 Å². The van der Waals surface area contributed by atoms with E-state index in [1.807, 2.05) is 0 Å². The van der Waals surface area contributed by atoms with Gasteiger partial charge in [0.1, 0.15) is 5.52 Å². The third-order valence-electron chi connectivity index (χ3n) is 1.17. The lowest BCUT2D eigenvalue weighted by Crippen LogP contribution is -1.68. The zero-order valence-corrected chi connectivity index (χ0v) is 6.89. The molecule has 11 heavy (non-hydrogen) atoms. The summed E-state index contributed by atoms with van der Waals surface area (Å²) in [6.07, 6.45) is 3.22. The molecule has 0 N–H and O–H groups in total. The first-order chi connectivity index (χ1) is 4.86. The number of nitrogens with zero attached hydrogens (tertiary/aromatic N) is 2. The Morgan fingerprint density at radius 2 is 2.27 bits per heavy atom. The number of hydrogen-bond acceptors (Lipinski definition) is 3. The van der Waals surface area contributed by atoms with E-state index >= 15 is 0 Å². The van der Waals surface area contributed by atoms with Crippen molar-refractivity contribution < 1.29 is 4.42 Å². The van der Waals surface area contributed by atoms with Gasteiger partial charge in [-0.2, -0.15) is 4.98 Å². The van der Waals surface area contributed by atoms with Crippen LogP contribution in [-0.2, 0) is 0 Å². The lowest BCUT2D eigenvalue weighted by Gasteiger charge is -1.78. The normalized spacial score (nSPS) is 9.55. The Balaban J connectivity index is 0.000000605. The Morgan fingerprint density at radius 1 is 1.45 bits per heavy atom. The van der Waals surface area contributed by atoms with E-state index in [4.69, 9.17) is 16.0 Å². The van der Waals surface area contributed by atoms with Crippen molar-refractivity contribution in [3.8, 4) is 0 Å². The van der Waals surface area contributed by atoms with Gasteiger partial charge in [0.05, 0.1) is 6.20 Å². The molecule has 0 aliphatic heterocycles. The summed E-state index contributed by atoms with van der Waals surface area (Å²) in [5, 5.41) is 0.156. The lowest BCUT2D eigenvalue weighted by atomic mass is 10.4. The predicted molar refractivity (Wildman–Crippen MR) is 44.1 cm³/mol. The molecule has 0 saturated heterocycles. The largest absolute Gasteiger partial charge is 0.426 e. The fourth-order valence-electron chi connectivity index (χ4n) is 0.752. The predicted octanol–water partition coefficient (Wildman–Crippen LogP) is 2.30. The van der Waals surface area contributed by atoms with E-state index in [1.165, 1.54) is 0 Å². The minimum Gasteiger partial charge on any atom is -0.426 e. The minimum absolute atomic E-state index is 0. The number of oxazole rings is 1. The molecule has 58 valence electrons. The fraction of sp³-hybridized carbons (Fsp3) is 0. The lowest BCUT2D eigenvalue weighted by molar-refractivity contribution is 0.603. The first kappa shape index (κ1) is 8.30. The van der Waals surface area contributed by atoms with Gasteiger partial charge < -0.3 is 4.42 Å². The van der Waals surface area contributed by atoms with Crippen molar-refractivity contribution in [2.24, 2.45) is 0 Å². The Morgan fingerprint density at radius 3 is 3.00 bits per heavy atom. The van der Waals surface area contributed by atoms with Gasteiger partial charge in [-0.25, -0.2) is 0 Å². The van der Waals surface area contributed by atoms with Crippen LogP contribution in [0.25, 0.3) is 11.1 Å². The standard InChI is InChI=1S/C6H3ClN2O.ClH/c7-6-9-4-1-2-8-3-5(4)10-6;/h1-3H;1H. The van der Waals surface area contributed by atoms with Crippen molar-refractivity contribution in [1.82, 2.24) is 9.97 Å². The number of hydrogen-bond donors (Lipinski definition) is 0. The molecule has 0 spiro atoms. The summed E-state index contributed by atoms with van der Waals surface area (Å²) in [5.41, 5.74) is 1.35. The first-order valence-electron chi connectivity index (χ1n) is 2.72. The average molecular weight is 191 g/mol. The highest BCUT2D eigenvalue weighted by molar-refractivity contribution is 6.28. The van der Waals surface area contributed by atoms with E-state index in [2.05, 4.69) is 9.97 Å². The molecule has 0 radical (unpaired) electrons. The summed E-state index contributed by atoms with van der Waals surface area (Å²) < 4.78 is 4.96. The Bertz CT molecular complexity index is 327. The Labute approximate surface area is 73.8 Å². The molecule has 3 nitrogen and oxygen atoms in total. The summed E-state index contributed by atoms with van der Waals surface area (Å²) in [5.74, 6) is 0. The second-order valence-corrected chi connectivity index (χ2v) is 2.13. The average Bonchev–Trinajstić information content (AvgIpc) is 2.27. The molecular weight excluding hydrogens is 187 g/mol. The van der Waals surface area contributed by atoms with Crippen LogP contribution in [0.3, 0.4) is 0 Å². The van der Waals surface area contributed by atoms with Crippen molar-refractivity contribution in [3.63, 3.8) is 0 Å². The van der Waals surface area contributed by atoms with Gasteiger partial charge in [0.15, 0.2) is 5.58 Å². The maximum Gasteiger partial charge on any atom is 0.293 e. The molecule has 0 atom stereocenters. The molecule has 5 heteroatoms. The molecule has 0 bridgehead atoms. The highest BCUT2D eigenvalue weighted by atomic mass is 35.5. The summed E-state index contributed by atoms with van der Waals surface area (Å²) in [6.45, 7) is 0. The molecule has 0 aromatic carbocycles. The van der Waals surface area contributed by atoms with Crippen molar-refractivity contribution in [2.45, 2.75) is 0 Å². The van der Waals surface area contributed by atoms with Crippen LogP contribution >= 0.6 is 24.0 Å². The van der Waals surface area contributed by atoms with Gasteiger partial charge in [0, 0.05) is 6.20 Å². The maximum absolute atomic E-state index is 5.48. The molecule has 2 rings (SSSR count). The monoisotopic (exact) mass is 190 g/mol. The van der Waals surface area contributed by atoms with Gasteiger partial charge in [-0.1, -0.05) is 0 Å². The molecule has 0 amide bonds. The third-order valence-corrected chi connectivity index (χ3v) is 1.33. The summed E-state index contributed by atoms with van der Waals surface area (Å²) in [6, 6.07) is 1.74. The van der Waals surface area contributed by atoms with Gasteiger partial charge in [-0.3, -0.25) is 4.98 Å². The number of rotatable bonds is 0. The molecular formula is C6H4Cl2N2O. The molecule has 0 fully saturated rings. The maximum atomic E-state index is 5.48.